The molecular weight excluding hydrogens is 314 g/mol. The Labute approximate surface area is 128 Å². The third-order valence-electron chi connectivity index (χ3n) is 2.46. The van der Waals surface area contributed by atoms with Crippen LogP contribution >= 0.6 is 35.6 Å². The maximum absolute atomic E-state index is 12.6. The molecule has 0 fully saturated rings. The molecule has 0 aliphatic heterocycles. The van der Waals surface area contributed by atoms with Crippen molar-refractivity contribution in [1.29, 1.82) is 0 Å². The summed E-state index contributed by atoms with van der Waals surface area (Å²) < 4.78 is 12.6. The number of benzene rings is 1. The van der Waals surface area contributed by atoms with Crippen LogP contribution in [-0.4, -0.2) is 24.5 Å². The predicted molar refractivity (Wildman–Crippen MR) is 80.5 cm³/mol. The van der Waals surface area contributed by atoms with E-state index in [9.17, 15) is 9.18 Å². The van der Waals surface area contributed by atoms with Gasteiger partial charge in [-0.3, -0.25) is 4.79 Å². The summed E-state index contributed by atoms with van der Waals surface area (Å²) >= 11 is 11.7. The van der Waals surface area contributed by atoms with E-state index in [1.807, 2.05) is 0 Å². The largest absolute Gasteiger partial charge is 0.396 e. The molecule has 0 aromatic heterocycles. The van der Waals surface area contributed by atoms with Crippen molar-refractivity contribution in [3.05, 3.63) is 27.7 Å². The molecule has 7 heteroatoms. The summed E-state index contributed by atoms with van der Waals surface area (Å²) in [6.45, 7) is 2.78. The summed E-state index contributed by atoms with van der Waals surface area (Å²) in [4.78, 5) is 11.9. The van der Waals surface area contributed by atoms with Gasteiger partial charge in [0.25, 0.3) is 0 Å². The number of ketones is 1. The molecule has 0 spiro atoms. The van der Waals surface area contributed by atoms with Crippen molar-refractivity contribution in [2.24, 2.45) is 0 Å². The highest BCUT2D eigenvalue weighted by atomic mass is 35.5. The highest BCUT2D eigenvalue weighted by Crippen LogP contribution is 2.28. The fourth-order valence-corrected chi connectivity index (χ4v) is 1.70. The van der Waals surface area contributed by atoms with E-state index in [0.29, 0.717) is 5.56 Å². The first kappa shape index (κ1) is 18.4. The molecule has 0 radical (unpaired) electrons. The molecule has 0 saturated carbocycles. The fraction of sp³-hybridized carbons (Fsp3) is 0.417. The van der Waals surface area contributed by atoms with Gasteiger partial charge in [0.1, 0.15) is 6.67 Å². The van der Waals surface area contributed by atoms with Gasteiger partial charge in [-0.15, -0.1) is 12.4 Å². The number of nitrogens with two attached hydrogens (primary N) is 1. The second-order valence-corrected chi connectivity index (χ2v) is 5.46. The van der Waals surface area contributed by atoms with Gasteiger partial charge >= 0.3 is 0 Å². The SMILES string of the molecule is CC(C)(CF)NCC(=O)c1cc(Cl)c(N)c(Cl)c1.Cl. The molecule has 0 saturated heterocycles. The Hall–Kier alpha value is -0.550. The molecule has 1 rings (SSSR count). The number of rotatable bonds is 5. The second-order valence-electron chi connectivity index (χ2n) is 4.65. The number of nitrogens with one attached hydrogen (secondary N) is 1. The van der Waals surface area contributed by atoms with E-state index >= 15 is 0 Å². The van der Waals surface area contributed by atoms with E-state index in [1.54, 1.807) is 13.8 Å². The van der Waals surface area contributed by atoms with Gasteiger partial charge in [0.05, 0.1) is 22.3 Å². The van der Waals surface area contributed by atoms with Crippen molar-refractivity contribution in [2.75, 3.05) is 19.0 Å². The van der Waals surface area contributed by atoms with Crippen LogP contribution in [0.15, 0.2) is 12.1 Å². The lowest BCUT2D eigenvalue weighted by Gasteiger charge is -2.21. The molecular formula is C12H16Cl3FN2O. The topological polar surface area (TPSA) is 55.1 Å². The van der Waals surface area contributed by atoms with Crippen LogP contribution < -0.4 is 11.1 Å². The van der Waals surface area contributed by atoms with Gasteiger partial charge in [0.2, 0.25) is 0 Å². The zero-order chi connectivity index (χ0) is 13.9. The quantitative estimate of drug-likeness (QED) is 0.642. The number of hydrogen-bond acceptors (Lipinski definition) is 3. The number of nitrogen functional groups attached to an aromatic ring is 1. The second kappa shape index (κ2) is 7.29. The monoisotopic (exact) mass is 328 g/mol. The summed E-state index contributed by atoms with van der Waals surface area (Å²) in [5.41, 5.74) is 5.43. The van der Waals surface area contributed by atoms with E-state index in [0.717, 1.165) is 0 Å². The number of anilines is 1. The minimum Gasteiger partial charge on any atom is -0.396 e. The molecule has 0 amide bonds. The van der Waals surface area contributed by atoms with E-state index in [1.165, 1.54) is 12.1 Å². The van der Waals surface area contributed by atoms with Gasteiger partial charge in [0, 0.05) is 11.1 Å². The number of alkyl halides is 1. The first-order valence-corrected chi connectivity index (χ1v) is 6.11. The van der Waals surface area contributed by atoms with Crippen molar-refractivity contribution >= 4 is 47.1 Å². The van der Waals surface area contributed by atoms with Crippen LogP contribution in [0.1, 0.15) is 24.2 Å². The lowest BCUT2D eigenvalue weighted by molar-refractivity contribution is 0.0977. The van der Waals surface area contributed by atoms with Gasteiger partial charge in [-0.05, 0) is 26.0 Å². The van der Waals surface area contributed by atoms with Crippen molar-refractivity contribution in [2.45, 2.75) is 19.4 Å². The van der Waals surface area contributed by atoms with Crippen LogP contribution in [0.5, 0.6) is 0 Å². The highest BCUT2D eigenvalue weighted by molar-refractivity contribution is 6.39. The Morgan fingerprint density at radius 3 is 2.26 bits per heavy atom. The average molecular weight is 330 g/mol. The molecule has 1 aromatic rings. The smallest absolute Gasteiger partial charge is 0.176 e. The van der Waals surface area contributed by atoms with Gasteiger partial charge < -0.3 is 11.1 Å². The molecule has 3 N–H and O–H groups in total. The van der Waals surface area contributed by atoms with Crippen LogP contribution in [-0.2, 0) is 0 Å². The fourth-order valence-electron chi connectivity index (χ4n) is 1.21. The number of halogens is 4. The summed E-state index contributed by atoms with van der Waals surface area (Å²) in [6.07, 6.45) is 0. The van der Waals surface area contributed by atoms with E-state index in [2.05, 4.69) is 5.32 Å². The van der Waals surface area contributed by atoms with Crippen molar-refractivity contribution < 1.29 is 9.18 Å². The van der Waals surface area contributed by atoms with Crippen molar-refractivity contribution in [3.63, 3.8) is 0 Å². The lowest BCUT2D eigenvalue weighted by Crippen LogP contribution is -2.44. The molecule has 108 valence electrons. The van der Waals surface area contributed by atoms with Crippen LogP contribution in [0.2, 0.25) is 10.0 Å². The maximum atomic E-state index is 12.6. The van der Waals surface area contributed by atoms with Crippen LogP contribution in [0.3, 0.4) is 0 Å². The molecule has 0 unspecified atom stereocenters. The van der Waals surface area contributed by atoms with Gasteiger partial charge in [-0.25, -0.2) is 4.39 Å². The molecule has 0 bridgehead atoms. The first-order chi connectivity index (χ1) is 8.26. The maximum Gasteiger partial charge on any atom is 0.176 e. The lowest BCUT2D eigenvalue weighted by atomic mass is 10.1. The van der Waals surface area contributed by atoms with Gasteiger partial charge in [-0.2, -0.15) is 0 Å². The minimum atomic E-state index is -0.739. The molecule has 0 atom stereocenters. The zero-order valence-corrected chi connectivity index (χ0v) is 12.9. The van der Waals surface area contributed by atoms with Gasteiger partial charge in [-0.1, -0.05) is 23.2 Å². The van der Waals surface area contributed by atoms with Crippen molar-refractivity contribution in [1.82, 2.24) is 5.32 Å². The van der Waals surface area contributed by atoms with Crippen LogP contribution in [0, 0.1) is 0 Å². The standard InChI is InChI=1S/C12H15Cl2FN2O.ClH/c1-12(2,6-15)17-5-10(18)7-3-8(13)11(16)9(14)4-7;/h3-4,17H,5-6,16H2,1-2H3;1H. The number of carbonyl (C=O) groups excluding carboxylic acids is 1. The minimum absolute atomic E-state index is 0. The van der Waals surface area contributed by atoms with Crippen LogP contribution in [0.4, 0.5) is 10.1 Å². The molecule has 0 aliphatic rings. The van der Waals surface area contributed by atoms with E-state index in [4.69, 9.17) is 28.9 Å². The molecule has 0 heterocycles. The average Bonchev–Trinajstić information content (AvgIpc) is 2.32. The van der Waals surface area contributed by atoms with E-state index < -0.39 is 12.2 Å². The summed E-state index contributed by atoms with van der Waals surface area (Å²) in [6, 6.07) is 2.91. The normalized spacial score (nSPS) is 11.0. The number of carbonyl (C=O) groups is 1. The zero-order valence-electron chi connectivity index (χ0n) is 10.6. The van der Waals surface area contributed by atoms with E-state index in [-0.39, 0.29) is 40.5 Å². The Kier molecular flexibility index (Phi) is 7.08. The van der Waals surface area contributed by atoms with Gasteiger partial charge in [0.15, 0.2) is 5.78 Å². The Morgan fingerprint density at radius 2 is 1.84 bits per heavy atom. The predicted octanol–water partition coefficient (Wildman–Crippen LogP) is 3.52. The summed E-state index contributed by atoms with van der Waals surface area (Å²) in [7, 11) is 0. The first-order valence-electron chi connectivity index (χ1n) is 5.35. The summed E-state index contributed by atoms with van der Waals surface area (Å²) in [5.74, 6) is -0.222. The molecule has 0 aliphatic carbocycles. The number of hydrogen-bond donors (Lipinski definition) is 2. The summed E-state index contributed by atoms with van der Waals surface area (Å²) in [5, 5.41) is 3.28. The molecule has 19 heavy (non-hydrogen) atoms. The highest BCUT2D eigenvalue weighted by Gasteiger charge is 2.19. The number of Topliss-reactive ketones (excluding diaryl/α,β-unsaturated/α-hetero) is 1. The van der Waals surface area contributed by atoms with Crippen LogP contribution in [0.25, 0.3) is 0 Å². The third-order valence-corrected chi connectivity index (χ3v) is 3.09. The third kappa shape index (κ3) is 5.15. The molecule has 1 aromatic carbocycles. The Balaban J connectivity index is 0.00000324. The van der Waals surface area contributed by atoms with Crippen molar-refractivity contribution in [3.8, 4) is 0 Å². The Morgan fingerprint density at radius 1 is 1.37 bits per heavy atom. The Bertz CT molecular complexity index is 443. The molecule has 3 nitrogen and oxygen atoms in total.